The molecule has 0 aromatic carbocycles. The van der Waals surface area contributed by atoms with E-state index in [1.807, 2.05) is 25.6 Å². The van der Waals surface area contributed by atoms with E-state index in [1.54, 1.807) is 12.0 Å². The summed E-state index contributed by atoms with van der Waals surface area (Å²) in [5.41, 5.74) is 5.37. The predicted molar refractivity (Wildman–Crippen MR) is 91.2 cm³/mol. The van der Waals surface area contributed by atoms with E-state index in [4.69, 9.17) is 9.47 Å². The summed E-state index contributed by atoms with van der Waals surface area (Å²) in [4.78, 5) is 14.9. The Hall–Kier alpha value is -2.19. The number of nitrogens with zero attached hydrogens (tertiary/aromatic N) is 4. The van der Waals surface area contributed by atoms with Crippen LogP contribution in [0.1, 0.15) is 38.7 Å². The maximum absolute atomic E-state index is 13.1. The summed E-state index contributed by atoms with van der Waals surface area (Å²) < 4.78 is 12.5. The molecule has 0 radical (unpaired) electrons. The first kappa shape index (κ1) is 17.6. The Morgan fingerprint density at radius 3 is 2.92 bits per heavy atom. The number of aromatic nitrogens is 4. The van der Waals surface area contributed by atoms with Crippen molar-refractivity contribution in [2.75, 3.05) is 26.9 Å². The second-order valence-electron chi connectivity index (χ2n) is 6.32. The van der Waals surface area contributed by atoms with Crippen molar-refractivity contribution in [2.24, 2.45) is 7.05 Å². The average Bonchev–Trinajstić information content (AvgIpc) is 3.14. The SMILES string of the molecule is COCCN(Cc1c(C)nn(C)c1C)C(=O)c1n[nH]c2c1COCC2. The zero-order chi connectivity index (χ0) is 18.0. The molecular weight excluding hydrogens is 322 g/mol. The van der Waals surface area contributed by atoms with Crippen LogP contribution in [0.3, 0.4) is 0 Å². The Labute approximate surface area is 147 Å². The smallest absolute Gasteiger partial charge is 0.275 e. The number of H-pyrrole nitrogens is 1. The molecule has 0 spiro atoms. The minimum Gasteiger partial charge on any atom is -0.383 e. The number of methoxy groups -OCH3 is 1. The number of nitrogens with one attached hydrogen (secondary N) is 1. The predicted octanol–water partition coefficient (Wildman–Crippen LogP) is 1.12. The lowest BCUT2D eigenvalue weighted by atomic mass is 10.1. The van der Waals surface area contributed by atoms with Gasteiger partial charge in [-0.15, -0.1) is 0 Å². The molecule has 8 nitrogen and oxygen atoms in total. The molecule has 1 aliphatic heterocycles. The van der Waals surface area contributed by atoms with Crippen LogP contribution < -0.4 is 0 Å². The fraction of sp³-hybridized carbons (Fsp3) is 0.588. The largest absolute Gasteiger partial charge is 0.383 e. The van der Waals surface area contributed by atoms with Crippen molar-refractivity contribution in [1.82, 2.24) is 24.9 Å². The number of rotatable bonds is 6. The number of hydrogen-bond acceptors (Lipinski definition) is 5. The molecule has 3 heterocycles. The Morgan fingerprint density at radius 2 is 2.24 bits per heavy atom. The Bertz CT molecular complexity index is 765. The highest BCUT2D eigenvalue weighted by atomic mass is 16.5. The fourth-order valence-electron chi connectivity index (χ4n) is 3.13. The van der Waals surface area contributed by atoms with Gasteiger partial charge in [-0.3, -0.25) is 14.6 Å². The molecule has 3 rings (SSSR count). The van der Waals surface area contributed by atoms with Gasteiger partial charge in [-0.25, -0.2) is 0 Å². The molecule has 2 aromatic heterocycles. The maximum atomic E-state index is 13.1. The summed E-state index contributed by atoms with van der Waals surface area (Å²) >= 11 is 0. The van der Waals surface area contributed by atoms with Crippen molar-refractivity contribution in [2.45, 2.75) is 33.4 Å². The molecule has 2 aromatic rings. The van der Waals surface area contributed by atoms with Crippen molar-refractivity contribution >= 4 is 5.91 Å². The van der Waals surface area contributed by atoms with Gasteiger partial charge in [0.25, 0.3) is 5.91 Å². The lowest BCUT2D eigenvalue weighted by Crippen LogP contribution is -2.35. The maximum Gasteiger partial charge on any atom is 0.275 e. The van der Waals surface area contributed by atoms with Crippen molar-refractivity contribution in [3.8, 4) is 0 Å². The van der Waals surface area contributed by atoms with Crippen LogP contribution in [0.15, 0.2) is 0 Å². The number of aryl methyl sites for hydroxylation is 2. The first-order chi connectivity index (χ1) is 12.0. The highest BCUT2D eigenvalue weighted by Crippen LogP contribution is 2.21. The first-order valence-corrected chi connectivity index (χ1v) is 8.44. The molecule has 0 fully saturated rings. The quantitative estimate of drug-likeness (QED) is 0.846. The normalized spacial score (nSPS) is 13.8. The van der Waals surface area contributed by atoms with Crippen molar-refractivity contribution < 1.29 is 14.3 Å². The van der Waals surface area contributed by atoms with Crippen LogP contribution in [0.2, 0.25) is 0 Å². The van der Waals surface area contributed by atoms with Gasteiger partial charge in [0.15, 0.2) is 5.69 Å². The van der Waals surface area contributed by atoms with Gasteiger partial charge < -0.3 is 14.4 Å². The van der Waals surface area contributed by atoms with E-state index in [-0.39, 0.29) is 5.91 Å². The minimum absolute atomic E-state index is 0.109. The van der Waals surface area contributed by atoms with E-state index in [0.29, 0.717) is 38.6 Å². The molecule has 0 aliphatic carbocycles. The molecule has 0 bridgehead atoms. The third kappa shape index (κ3) is 3.45. The summed E-state index contributed by atoms with van der Waals surface area (Å²) in [6.07, 6.45) is 0.758. The number of hydrogen-bond donors (Lipinski definition) is 1. The molecule has 1 amide bonds. The highest BCUT2D eigenvalue weighted by Gasteiger charge is 2.27. The Morgan fingerprint density at radius 1 is 1.44 bits per heavy atom. The lowest BCUT2D eigenvalue weighted by molar-refractivity contribution is 0.0663. The molecule has 25 heavy (non-hydrogen) atoms. The number of fused-ring (bicyclic) bond motifs is 1. The van der Waals surface area contributed by atoms with E-state index in [2.05, 4.69) is 15.3 Å². The average molecular weight is 347 g/mol. The highest BCUT2D eigenvalue weighted by molar-refractivity contribution is 5.94. The van der Waals surface area contributed by atoms with Gasteiger partial charge in [0.1, 0.15) is 0 Å². The van der Waals surface area contributed by atoms with Crippen LogP contribution in [-0.2, 0) is 36.1 Å². The van der Waals surface area contributed by atoms with Crippen LogP contribution in [0.4, 0.5) is 0 Å². The standard InChI is InChI=1S/C17H25N5O3/c1-11-13(12(2)21(3)20-11)9-22(6-8-24-4)17(23)16-14-10-25-7-5-15(14)18-19-16/h5-10H2,1-4H3,(H,18,19). The summed E-state index contributed by atoms with van der Waals surface area (Å²) in [5.74, 6) is -0.109. The molecule has 0 unspecified atom stereocenters. The monoisotopic (exact) mass is 347 g/mol. The summed E-state index contributed by atoms with van der Waals surface area (Å²) in [7, 11) is 3.54. The number of carbonyl (C=O) groups is 1. The second kappa shape index (κ2) is 7.37. The van der Waals surface area contributed by atoms with E-state index in [1.165, 1.54) is 0 Å². The molecule has 1 N–H and O–H groups in total. The second-order valence-corrected chi connectivity index (χ2v) is 6.32. The number of ether oxygens (including phenoxy) is 2. The van der Waals surface area contributed by atoms with Crippen molar-refractivity contribution in [1.29, 1.82) is 0 Å². The molecule has 0 saturated carbocycles. The van der Waals surface area contributed by atoms with Crippen LogP contribution >= 0.6 is 0 Å². The molecule has 0 saturated heterocycles. The third-order valence-corrected chi connectivity index (χ3v) is 4.76. The van der Waals surface area contributed by atoms with Crippen molar-refractivity contribution in [3.05, 3.63) is 33.9 Å². The molecule has 136 valence electrons. The molecule has 1 aliphatic rings. The zero-order valence-corrected chi connectivity index (χ0v) is 15.3. The zero-order valence-electron chi connectivity index (χ0n) is 15.3. The Balaban J connectivity index is 1.87. The number of amides is 1. The lowest BCUT2D eigenvalue weighted by Gasteiger charge is -2.23. The van der Waals surface area contributed by atoms with Crippen LogP contribution in [0.5, 0.6) is 0 Å². The summed E-state index contributed by atoms with van der Waals surface area (Å²) in [5, 5.41) is 11.7. The van der Waals surface area contributed by atoms with E-state index >= 15 is 0 Å². The van der Waals surface area contributed by atoms with Crippen molar-refractivity contribution in [3.63, 3.8) is 0 Å². The van der Waals surface area contributed by atoms with Gasteiger partial charge in [-0.05, 0) is 13.8 Å². The molecule has 0 atom stereocenters. The summed E-state index contributed by atoms with van der Waals surface area (Å²) in [6, 6.07) is 0. The Kier molecular flexibility index (Phi) is 5.19. The molecule has 8 heteroatoms. The van der Waals surface area contributed by atoms with E-state index in [9.17, 15) is 4.79 Å². The van der Waals surface area contributed by atoms with Crippen LogP contribution in [0, 0.1) is 13.8 Å². The van der Waals surface area contributed by atoms with E-state index < -0.39 is 0 Å². The van der Waals surface area contributed by atoms with Gasteiger partial charge in [-0.2, -0.15) is 10.2 Å². The van der Waals surface area contributed by atoms with Gasteiger partial charge in [0, 0.05) is 56.2 Å². The third-order valence-electron chi connectivity index (χ3n) is 4.76. The van der Waals surface area contributed by atoms with Gasteiger partial charge >= 0.3 is 0 Å². The van der Waals surface area contributed by atoms with Gasteiger partial charge in [-0.1, -0.05) is 0 Å². The topological polar surface area (TPSA) is 85.3 Å². The van der Waals surface area contributed by atoms with Crippen LogP contribution in [0.25, 0.3) is 0 Å². The van der Waals surface area contributed by atoms with Gasteiger partial charge in [0.2, 0.25) is 0 Å². The number of aromatic amines is 1. The van der Waals surface area contributed by atoms with E-state index in [0.717, 1.165) is 34.6 Å². The summed E-state index contributed by atoms with van der Waals surface area (Å²) in [6.45, 7) is 6.50. The number of carbonyl (C=O) groups excluding carboxylic acids is 1. The fourth-order valence-corrected chi connectivity index (χ4v) is 3.13. The first-order valence-electron chi connectivity index (χ1n) is 8.44. The minimum atomic E-state index is -0.109. The van der Waals surface area contributed by atoms with Crippen LogP contribution in [-0.4, -0.2) is 57.7 Å². The molecular formula is C17H25N5O3. The van der Waals surface area contributed by atoms with Gasteiger partial charge in [0.05, 0.1) is 25.5 Å².